The molecule has 1 aliphatic rings. The number of amides is 1. The maximum atomic E-state index is 13.1. The third kappa shape index (κ3) is 3.41. The predicted octanol–water partition coefficient (Wildman–Crippen LogP) is 0.848. The number of aromatic nitrogens is 2. The first-order valence-electron chi connectivity index (χ1n) is 8.26. The van der Waals surface area contributed by atoms with Gasteiger partial charge in [-0.3, -0.25) is 19.5 Å². The molecular weight excluding hydrogens is 318 g/mol. The van der Waals surface area contributed by atoms with E-state index < -0.39 is 0 Å². The number of rotatable bonds is 3. The molecule has 0 saturated carbocycles. The highest BCUT2D eigenvalue weighted by atomic mass is 16.2. The van der Waals surface area contributed by atoms with Gasteiger partial charge in [-0.2, -0.15) is 0 Å². The van der Waals surface area contributed by atoms with Gasteiger partial charge in [0.25, 0.3) is 5.56 Å². The van der Waals surface area contributed by atoms with Crippen LogP contribution in [-0.4, -0.2) is 46.3 Å². The first-order chi connectivity index (χ1) is 11.9. The Morgan fingerprint density at radius 2 is 2.00 bits per heavy atom. The van der Waals surface area contributed by atoms with E-state index in [1.807, 2.05) is 50.2 Å². The number of carbonyl (C=O) groups is 1. The van der Waals surface area contributed by atoms with Crippen LogP contribution in [0.15, 0.2) is 29.1 Å². The topological polar surface area (TPSA) is 95.3 Å². The van der Waals surface area contributed by atoms with Gasteiger partial charge < -0.3 is 10.6 Å². The minimum Gasteiger partial charge on any atom is -0.369 e. The van der Waals surface area contributed by atoms with E-state index in [0.717, 1.165) is 11.1 Å². The fraction of sp³-hybridized carbons (Fsp3) is 0.389. The molecule has 1 atom stereocenters. The minimum atomic E-state index is -0.374. The molecule has 25 heavy (non-hydrogen) atoms. The number of H-pyrrole nitrogens is 1. The summed E-state index contributed by atoms with van der Waals surface area (Å²) in [6.07, 6.45) is 0.484. The number of nitrogens with one attached hydrogen (secondary N) is 1. The third-order valence-corrected chi connectivity index (χ3v) is 4.55. The number of nitrogens with zero attached hydrogens (tertiary/aromatic N) is 3. The number of hydrogen-bond acceptors (Lipinski definition) is 5. The Bertz CT molecular complexity index is 842. The molecule has 0 spiro atoms. The highest BCUT2D eigenvalue weighted by molar-refractivity contribution is 5.83. The van der Waals surface area contributed by atoms with E-state index in [9.17, 15) is 9.59 Å². The SMILES string of the molecule is Cc1ccc(C(C(=O)N2CCc3c(nc(N)[nH]c3=O)C2)N(C)C)cc1. The number of aromatic amines is 1. The lowest BCUT2D eigenvalue weighted by atomic mass is 10.0. The molecule has 0 radical (unpaired) electrons. The molecule has 1 amide bonds. The Morgan fingerprint density at radius 3 is 2.64 bits per heavy atom. The summed E-state index contributed by atoms with van der Waals surface area (Å²) in [5, 5.41) is 0. The first-order valence-corrected chi connectivity index (χ1v) is 8.26. The standard InChI is InChI=1S/C18H23N5O2/c1-11-4-6-12(7-5-11)15(22(2)3)17(25)23-9-8-13-14(10-23)20-18(19)21-16(13)24/h4-7,15H,8-10H2,1-3H3,(H3,19,20,21,24). The normalized spacial score (nSPS) is 15.1. The summed E-state index contributed by atoms with van der Waals surface area (Å²) in [6.45, 7) is 2.82. The quantitative estimate of drug-likeness (QED) is 0.863. The summed E-state index contributed by atoms with van der Waals surface area (Å²) >= 11 is 0. The van der Waals surface area contributed by atoms with Crippen molar-refractivity contribution in [2.75, 3.05) is 26.4 Å². The van der Waals surface area contributed by atoms with Crippen molar-refractivity contribution in [3.63, 3.8) is 0 Å². The van der Waals surface area contributed by atoms with E-state index in [2.05, 4.69) is 9.97 Å². The van der Waals surface area contributed by atoms with Gasteiger partial charge in [0.05, 0.1) is 12.2 Å². The first kappa shape index (κ1) is 17.2. The highest BCUT2D eigenvalue weighted by Crippen LogP contribution is 2.24. The molecular formula is C18H23N5O2. The number of carbonyl (C=O) groups excluding carboxylic acids is 1. The van der Waals surface area contributed by atoms with Crippen LogP contribution in [0.4, 0.5) is 5.95 Å². The number of hydrogen-bond donors (Lipinski definition) is 2. The number of likely N-dealkylation sites (N-methyl/N-ethyl adjacent to an activating group) is 1. The van der Waals surface area contributed by atoms with Crippen molar-refractivity contribution in [1.29, 1.82) is 0 Å². The number of benzene rings is 1. The number of nitrogens with two attached hydrogens (primary N) is 1. The van der Waals surface area contributed by atoms with Crippen molar-refractivity contribution < 1.29 is 4.79 Å². The van der Waals surface area contributed by atoms with Gasteiger partial charge in [-0.15, -0.1) is 0 Å². The van der Waals surface area contributed by atoms with Crippen LogP contribution in [0.1, 0.15) is 28.4 Å². The van der Waals surface area contributed by atoms with Crippen LogP contribution in [0.5, 0.6) is 0 Å². The Kier molecular flexibility index (Phi) is 4.59. The Labute approximate surface area is 146 Å². The van der Waals surface area contributed by atoms with Gasteiger partial charge in [-0.05, 0) is 33.0 Å². The van der Waals surface area contributed by atoms with Gasteiger partial charge in [-0.1, -0.05) is 29.8 Å². The molecule has 2 aromatic rings. The molecule has 1 unspecified atom stereocenters. The van der Waals surface area contributed by atoms with E-state index in [0.29, 0.717) is 30.8 Å². The molecule has 2 heterocycles. The predicted molar refractivity (Wildman–Crippen MR) is 96.0 cm³/mol. The minimum absolute atomic E-state index is 0.000145. The van der Waals surface area contributed by atoms with Crippen LogP contribution < -0.4 is 11.3 Å². The van der Waals surface area contributed by atoms with E-state index in [-0.39, 0.29) is 23.5 Å². The number of fused-ring (bicyclic) bond motifs is 1. The number of nitrogen functional groups attached to an aromatic ring is 1. The number of anilines is 1. The van der Waals surface area contributed by atoms with Crippen LogP contribution in [0.3, 0.4) is 0 Å². The summed E-state index contributed by atoms with van der Waals surface area (Å²) in [6, 6.07) is 7.60. The maximum absolute atomic E-state index is 13.1. The van der Waals surface area contributed by atoms with Gasteiger partial charge in [0, 0.05) is 12.1 Å². The Balaban J connectivity index is 1.88. The van der Waals surface area contributed by atoms with Gasteiger partial charge in [0.1, 0.15) is 6.04 Å². The van der Waals surface area contributed by atoms with Crippen LogP contribution in [0.2, 0.25) is 0 Å². The van der Waals surface area contributed by atoms with Crippen LogP contribution >= 0.6 is 0 Å². The van der Waals surface area contributed by atoms with E-state index in [4.69, 9.17) is 5.73 Å². The van der Waals surface area contributed by atoms with Gasteiger partial charge in [0.15, 0.2) is 0 Å². The van der Waals surface area contributed by atoms with Crippen molar-refractivity contribution in [2.24, 2.45) is 0 Å². The zero-order valence-corrected chi connectivity index (χ0v) is 14.7. The summed E-state index contributed by atoms with van der Waals surface area (Å²) in [5.41, 5.74) is 8.74. The molecule has 3 rings (SSSR count). The zero-order chi connectivity index (χ0) is 18.1. The maximum Gasteiger partial charge on any atom is 0.255 e. The Hall–Kier alpha value is -2.67. The molecule has 1 aromatic heterocycles. The van der Waals surface area contributed by atoms with E-state index in [1.165, 1.54) is 0 Å². The molecule has 0 saturated heterocycles. The summed E-state index contributed by atoms with van der Waals surface area (Å²) < 4.78 is 0. The van der Waals surface area contributed by atoms with Crippen molar-refractivity contribution in [3.8, 4) is 0 Å². The fourth-order valence-electron chi connectivity index (χ4n) is 3.23. The smallest absolute Gasteiger partial charge is 0.255 e. The molecule has 0 aliphatic carbocycles. The lowest BCUT2D eigenvalue weighted by molar-refractivity contribution is -0.137. The monoisotopic (exact) mass is 341 g/mol. The van der Waals surface area contributed by atoms with Crippen molar-refractivity contribution in [1.82, 2.24) is 19.8 Å². The summed E-state index contributed by atoms with van der Waals surface area (Å²) in [4.78, 5) is 35.5. The second kappa shape index (κ2) is 6.68. The second-order valence-electron chi connectivity index (χ2n) is 6.66. The number of aryl methyl sites for hydroxylation is 1. The Morgan fingerprint density at radius 1 is 1.32 bits per heavy atom. The largest absolute Gasteiger partial charge is 0.369 e. The van der Waals surface area contributed by atoms with E-state index >= 15 is 0 Å². The van der Waals surface area contributed by atoms with E-state index in [1.54, 1.807) is 4.90 Å². The lowest BCUT2D eigenvalue weighted by Gasteiger charge is -2.33. The third-order valence-electron chi connectivity index (χ3n) is 4.55. The molecule has 7 heteroatoms. The van der Waals surface area contributed by atoms with Crippen LogP contribution in [-0.2, 0) is 17.8 Å². The highest BCUT2D eigenvalue weighted by Gasteiger charge is 2.31. The van der Waals surface area contributed by atoms with Crippen LogP contribution in [0.25, 0.3) is 0 Å². The van der Waals surface area contributed by atoms with Crippen molar-refractivity contribution in [3.05, 3.63) is 57.0 Å². The molecule has 132 valence electrons. The fourth-order valence-corrected chi connectivity index (χ4v) is 3.23. The van der Waals surface area contributed by atoms with Crippen molar-refractivity contribution in [2.45, 2.75) is 25.9 Å². The zero-order valence-electron chi connectivity index (χ0n) is 14.7. The molecule has 1 aromatic carbocycles. The average molecular weight is 341 g/mol. The lowest BCUT2D eigenvalue weighted by Crippen LogP contribution is -2.44. The van der Waals surface area contributed by atoms with Crippen molar-refractivity contribution >= 4 is 11.9 Å². The summed E-state index contributed by atoms with van der Waals surface area (Å²) in [5.74, 6) is 0.0842. The summed E-state index contributed by atoms with van der Waals surface area (Å²) in [7, 11) is 3.78. The van der Waals surface area contributed by atoms with Gasteiger partial charge >= 0.3 is 0 Å². The van der Waals surface area contributed by atoms with Gasteiger partial charge in [0.2, 0.25) is 11.9 Å². The van der Waals surface area contributed by atoms with Gasteiger partial charge in [-0.25, -0.2) is 4.98 Å². The average Bonchev–Trinajstić information content (AvgIpc) is 2.55. The van der Waals surface area contributed by atoms with Crippen LogP contribution in [0, 0.1) is 6.92 Å². The molecule has 7 nitrogen and oxygen atoms in total. The molecule has 3 N–H and O–H groups in total. The molecule has 0 bridgehead atoms. The molecule has 0 fully saturated rings. The molecule has 1 aliphatic heterocycles. The second-order valence-corrected chi connectivity index (χ2v) is 6.66.